The Kier molecular flexibility index (Phi) is 6.73. The van der Waals surface area contributed by atoms with Gasteiger partial charge in [-0.05, 0) is 30.2 Å². The zero-order chi connectivity index (χ0) is 22.4. The molecule has 3 rings (SSSR count). The average Bonchev–Trinajstić information content (AvgIpc) is 3.20. The molecular weight excluding hydrogens is 415 g/mol. The van der Waals surface area contributed by atoms with Crippen LogP contribution in [0.4, 0.5) is 13.2 Å². The lowest BCUT2D eigenvalue weighted by molar-refractivity contribution is -0.153. The van der Waals surface area contributed by atoms with Crippen molar-refractivity contribution in [1.29, 1.82) is 0 Å². The van der Waals surface area contributed by atoms with Crippen molar-refractivity contribution in [2.75, 3.05) is 13.7 Å². The first-order valence-electron chi connectivity index (χ1n) is 9.32. The van der Waals surface area contributed by atoms with Crippen LogP contribution in [0.3, 0.4) is 0 Å². The fourth-order valence-corrected chi connectivity index (χ4v) is 2.78. The molecule has 1 N–H and O–H groups in total. The Morgan fingerprint density at radius 2 is 1.87 bits per heavy atom. The molecule has 0 spiro atoms. The van der Waals surface area contributed by atoms with Crippen LogP contribution >= 0.6 is 0 Å². The Labute approximate surface area is 176 Å². The van der Waals surface area contributed by atoms with Gasteiger partial charge in [0.1, 0.15) is 5.75 Å². The van der Waals surface area contributed by atoms with Gasteiger partial charge in [-0.25, -0.2) is 4.68 Å². The number of nitrogens with zero attached hydrogens (tertiary/aromatic N) is 4. The Morgan fingerprint density at radius 1 is 1.13 bits per heavy atom. The maximum absolute atomic E-state index is 12.7. The first kappa shape index (κ1) is 22.1. The Bertz CT molecular complexity index is 1020. The molecule has 0 atom stereocenters. The molecule has 1 aromatic carbocycles. The van der Waals surface area contributed by atoms with Crippen LogP contribution in [0.15, 0.2) is 42.6 Å². The second-order valence-electron chi connectivity index (χ2n) is 6.43. The van der Waals surface area contributed by atoms with E-state index in [9.17, 15) is 18.0 Å². The summed E-state index contributed by atoms with van der Waals surface area (Å²) in [6, 6.07) is 9.34. The van der Waals surface area contributed by atoms with Crippen molar-refractivity contribution >= 4 is 5.91 Å². The standard InChI is InChI=1S/C20H20F3N5O3/c1-3-16-15(11-25-28(16)17-8-9-18(30-2)27-26-17)19(29)24-10-13-4-6-14(7-5-13)31-12-20(21,22)23/h4-9,11H,3,10,12H2,1-2H3,(H,24,29). The highest BCUT2D eigenvalue weighted by Crippen LogP contribution is 2.19. The van der Waals surface area contributed by atoms with E-state index in [1.54, 1.807) is 24.3 Å². The lowest BCUT2D eigenvalue weighted by Crippen LogP contribution is -2.24. The largest absolute Gasteiger partial charge is 0.484 e. The van der Waals surface area contributed by atoms with Gasteiger partial charge in [-0.3, -0.25) is 4.79 Å². The zero-order valence-electron chi connectivity index (χ0n) is 16.8. The summed E-state index contributed by atoms with van der Waals surface area (Å²) in [5.41, 5.74) is 1.76. The molecule has 0 aliphatic carbocycles. The molecule has 11 heteroatoms. The molecule has 0 bridgehead atoms. The number of hydrogen-bond donors (Lipinski definition) is 1. The average molecular weight is 435 g/mol. The maximum Gasteiger partial charge on any atom is 0.422 e. The van der Waals surface area contributed by atoms with Gasteiger partial charge >= 0.3 is 6.18 Å². The van der Waals surface area contributed by atoms with E-state index in [4.69, 9.17) is 4.74 Å². The molecule has 164 valence electrons. The second kappa shape index (κ2) is 9.45. The van der Waals surface area contributed by atoms with E-state index in [-0.39, 0.29) is 18.2 Å². The molecule has 8 nitrogen and oxygen atoms in total. The normalized spacial score (nSPS) is 11.3. The number of nitrogens with one attached hydrogen (secondary N) is 1. The van der Waals surface area contributed by atoms with Gasteiger partial charge in [0.05, 0.1) is 24.6 Å². The monoisotopic (exact) mass is 435 g/mol. The van der Waals surface area contributed by atoms with Crippen molar-refractivity contribution in [1.82, 2.24) is 25.3 Å². The van der Waals surface area contributed by atoms with Crippen LogP contribution in [-0.4, -0.2) is 45.8 Å². The van der Waals surface area contributed by atoms with E-state index in [1.807, 2.05) is 6.92 Å². The van der Waals surface area contributed by atoms with Crippen LogP contribution in [0.1, 0.15) is 28.5 Å². The Balaban J connectivity index is 1.65. The third kappa shape index (κ3) is 5.71. The van der Waals surface area contributed by atoms with Crippen LogP contribution in [0.25, 0.3) is 5.82 Å². The van der Waals surface area contributed by atoms with E-state index < -0.39 is 12.8 Å². The minimum absolute atomic E-state index is 0.0996. The van der Waals surface area contributed by atoms with Crippen LogP contribution in [0.5, 0.6) is 11.6 Å². The summed E-state index contributed by atoms with van der Waals surface area (Å²) in [7, 11) is 1.49. The van der Waals surface area contributed by atoms with Gasteiger partial charge in [0.25, 0.3) is 5.91 Å². The number of carbonyl (C=O) groups is 1. The van der Waals surface area contributed by atoms with E-state index >= 15 is 0 Å². The second-order valence-corrected chi connectivity index (χ2v) is 6.43. The third-order valence-electron chi connectivity index (χ3n) is 4.28. The number of methoxy groups -OCH3 is 1. The summed E-state index contributed by atoms with van der Waals surface area (Å²) in [6.07, 6.45) is -2.42. The lowest BCUT2D eigenvalue weighted by atomic mass is 10.1. The molecule has 0 saturated heterocycles. The highest BCUT2D eigenvalue weighted by atomic mass is 19.4. The number of carbonyl (C=O) groups excluding carboxylic acids is 1. The highest BCUT2D eigenvalue weighted by Gasteiger charge is 2.28. The Morgan fingerprint density at radius 3 is 2.45 bits per heavy atom. The lowest BCUT2D eigenvalue weighted by Gasteiger charge is -2.10. The summed E-state index contributed by atoms with van der Waals surface area (Å²) in [5, 5.41) is 15.0. The smallest absolute Gasteiger partial charge is 0.422 e. The van der Waals surface area contributed by atoms with Crippen LogP contribution in [0.2, 0.25) is 0 Å². The van der Waals surface area contributed by atoms with Crippen molar-refractivity contribution in [3.05, 3.63) is 59.4 Å². The van der Waals surface area contributed by atoms with Gasteiger partial charge in [-0.15, -0.1) is 10.2 Å². The quantitative estimate of drug-likeness (QED) is 0.585. The number of halogens is 3. The summed E-state index contributed by atoms with van der Waals surface area (Å²) < 4.78 is 47.8. The SMILES string of the molecule is CCc1c(C(=O)NCc2ccc(OCC(F)(F)F)cc2)cnn1-c1ccc(OC)nn1. The number of hydrogen-bond acceptors (Lipinski definition) is 6. The fourth-order valence-electron chi connectivity index (χ4n) is 2.78. The number of amides is 1. The third-order valence-corrected chi connectivity index (χ3v) is 4.28. The molecule has 0 aliphatic heterocycles. The van der Waals surface area contributed by atoms with Crippen LogP contribution in [-0.2, 0) is 13.0 Å². The summed E-state index contributed by atoms with van der Waals surface area (Å²) >= 11 is 0. The molecule has 31 heavy (non-hydrogen) atoms. The number of ether oxygens (including phenoxy) is 2. The molecule has 0 unspecified atom stereocenters. The maximum atomic E-state index is 12.7. The molecule has 0 radical (unpaired) electrons. The zero-order valence-corrected chi connectivity index (χ0v) is 16.8. The summed E-state index contributed by atoms with van der Waals surface area (Å²) in [5.74, 6) is 0.581. The minimum Gasteiger partial charge on any atom is -0.484 e. The predicted octanol–water partition coefficient (Wildman–Crippen LogP) is 3.10. The minimum atomic E-state index is -4.40. The van der Waals surface area contributed by atoms with Crippen molar-refractivity contribution in [2.24, 2.45) is 0 Å². The van der Waals surface area contributed by atoms with Gasteiger partial charge in [0.15, 0.2) is 12.4 Å². The first-order valence-corrected chi connectivity index (χ1v) is 9.32. The Hall–Kier alpha value is -3.63. The van der Waals surface area contributed by atoms with Gasteiger partial charge in [0.2, 0.25) is 5.88 Å². The van der Waals surface area contributed by atoms with Crippen LogP contribution < -0.4 is 14.8 Å². The van der Waals surface area contributed by atoms with Crippen molar-refractivity contribution in [3.63, 3.8) is 0 Å². The van der Waals surface area contributed by atoms with Crippen LogP contribution in [0, 0.1) is 0 Å². The molecule has 0 fully saturated rings. The fraction of sp³-hybridized carbons (Fsp3) is 0.300. The van der Waals surface area contributed by atoms with Crippen molar-refractivity contribution < 1.29 is 27.4 Å². The van der Waals surface area contributed by atoms with E-state index in [1.165, 1.54) is 30.1 Å². The van der Waals surface area contributed by atoms with E-state index in [0.717, 1.165) is 0 Å². The van der Waals surface area contributed by atoms with Crippen molar-refractivity contribution in [2.45, 2.75) is 26.1 Å². The molecule has 2 aromatic heterocycles. The van der Waals surface area contributed by atoms with Gasteiger partial charge in [-0.2, -0.15) is 18.3 Å². The van der Waals surface area contributed by atoms with E-state index in [0.29, 0.717) is 34.9 Å². The number of alkyl halides is 3. The molecule has 0 saturated carbocycles. The molecule has 1 amide bonds. The number of aromatic nitrogens is 4. The number of rotatable bonds is 8. The molecular formula is C20H20F3N5O3. The van der Waals surface area contributed by atoms with Gasteiger partial charge in [-0.1, -0.05) is 19.1 Å². The topological polar surface area (TPSA) is 91.2 Å². The van der Waals surface area contributed by atoms with Crippen molar-refractivity contribution in [3.8, 4) is 17.4 Å². The predicted molar refractivity (Wildman–Crippen MR) is 104 cm³/mol. The molecule has 2 heterocycles. The van der Waals surface area contributed by atoms with E-state index in [2.05, 4.69) is 25.3 Å². The van der Waals surface area contributed by atoms with Gasteiger partial charge < -0.3 is 14.8 Å². The summed E-state index contributed by atoms with van der Waals surface area (Å²) in [4.78, 5) is 12.7. The van der Waals surface area contributed by atoms with Gasteiger partial charge in [0, 0.05) is 12.6 Å². The first-order chi connectivity index (χ1) is 14.8. The molecule has 3 aromatic rings. The highest BCUT2D eigenvalue weighted by molar-refractivity contribution is 5.95. The number of benzene rings is 1. The summed E-state index contributed by atoms with van der Waals surface area (Å²) in [6.45, 7) is 0.724. The molecule has 0 aliphatic rings.